The maximum Gasteiger partial charge on any atom is 0.213 e. The standard InChI is InChI=1S/C24H24Cl2N4O3/c25-17-4-5-24(29-13-17)33-15-19(31)10-18-11-20(21(26)14-27-18)22-2-1-3-23(30-22)28-12-16-6-8-32-9-7-16/h1-5,11,13-14,16H,6-10,12,15H2,(H,28,30). The molecule has 0 aliphatic carbocycles. The van der Waals surface area contributed by atoms with Gasteiger partial charge in [0, 0.05) is 49.5 Å². The van der Waals surface area contributed by atoms with Crippen molar-refractivity contribution in [2.24, 2.45) is 5.92 Å². The van der Waals surface area contributed by atoms with Crippen LogP contribution in [0.15, 0.2) is 48.8 Å². The molecule has 4 rings (SSSR count). The number of nitrogens with one attached hydrogen (secondary N) is 1. The van der Waals surface area contributed by atoms with Crippen LogP contribution in [0.2, 0.25) is 10.0 Å². The van der Waals surface area contributed by atoms with Crippen molar-refractivity contribution in [3.63, 3.8) is 0 Å². The molecule has 172 valence electrons. The first-order chi connectivity index (χ1) is 16.1. The zero-order valence-electron chi connectivity index (χ0n) is 18.0. The molecule has 0 amide bonds. The normalized spacial score (nSPS) is 14.1. The molecule has 3 aromatic heterocycles. The van der Waals surface area contributed by atoms with E-state index in [9.17, 15) is 4.79 Å². The number of nitrogens with zero attached hydrogens (tertiary/aromatic N) is 3. The monoisotopic (exact) mass is 486 g/mol. The van der Waals surface area contributed by atoms with Crippen LogP contribution in [0.3, 0.4) is 0 Å². The number of hydrogen-bond acceptors (Lipinski definition) is 7. The minimum absolute atomic E-state index is 0.111. The summed E-state index contributed by atoms with van der Waals surface area (Å²) < 4.78 is 10.8. The van der Waals surface area contributed by atoms with E-state index in [2.05, 4.69) is 15.3 Å². The molecule has 1 aliphatic heterocycles. The number of anilines is 1. The van der Waals surface area contributed by atoms with E-state index in [4.69, 9.17) is 37.7 Å². The number of ketones is 1. The molecule has 0 spiro atoms. The number of halogens is 2. The van der Waals surface area contributed by atoms with Crippen LogP contribution < -0.4 is 10.1 Å². The Hall–Kier alpha value is -2.74. The van der Waals surface area contributed by atoms with Crippen LogP contribution in [0.4, 0.5) is 5.82 Å². The van der Waals surface area contributed by atoms with Gasteiger partial charge in [-0.3, -0.25) is 9.78 Å². The van der Waals surface area contributed by atoms with Gasteiger partial charge in [0.2, 0.25) is 5.88 Å². The summed E-state index contributed by atoms with van der Waals surface area (Å²) in [4.78, 5) is 25.4. The second kappa shape index (κ2) is 11.4. The predicted molar refractivity (Wildman–Crippen MR) is 128 cm³/mol. The summed E-state index contributed by atoms with van der Waals surface area (Å²) >= 11 is 12.2. The molecule has 0 atom stereocenters. The van der Waals surface area contributed by atoms with E-state index in [0.29, 0.717) is 27.5 Å². The van der Waals surface area contributed by atoms with E-state index in [0.717, 1.165) is 49.7 Å². The minimum Gasteiger partial charge on any atom is -0.470 e. The van der Waals surface area contributed by atoms with Gasteiger partial charge in [0.05, 0.1) is 22.2 Å². The van der Waals surface area contributed by atoms with Crippen molar-refractivity contribution >= 4 is 34.8 Å². The number of aromatic nitrogens is 3. The molecule has 9 heteroatoms. The lowest BCUT2D eigenvalue weighted by atomic mass is 10.0. The van der Waals surface area contributed by atoms with E-state index in [1.807, 2.05) is 18.2 Å². The van der Waals surface area contributed by atoms with Crippen molar-refractivity contribution in [2.45, 2.75) is 19.3 Å². The number of rotatable bonds is 9. The summed E-state index contributed by atoms with van der Waals surface area (Å²) in [5.74, 6) is 1.57. The third kappa shape index (κ3) is 6.87. The average Bonchev–Trinajstić information content (AvgIpc) is 2.84. The topological polar surface area (TPSA) is 86.2 Å². The Labute approximate surface area is 202 Å². The SMILES string of the molecule is O=C(COc1ccc(Cl)cn1)Cc1cc(-c2cccc(NCC3CCOCC3)n2)c(Cl)cn1. The zero-order chi connectivity index (χ0) is 23.0. The third-order valence-corrected chi connectivity index (χ3v) is 5.83. The van der Waals surface area contributed by atoms with Crippen LogP contribution in [-0.2, 0) is 16.0 Å². The smallest absolute Gasteiger partial charge is 0.213 e. The number of carbonyl (C=O) groups excluding carboxylic acids is 1. The molecule has 33 heavy (non-hydrogen) atoms. The van der Waals surface area contributed by atoms with Crippen molar-refractivity contribution in [2.75, 3.05) is 31.7 Å². The maximum absolute atomic E-state index is 12.4. The van der Waals surface area contributed by atoms with Crippen molar-refractivity contribution in [3.05, 3.63) is 64.5 Å². The molecule has 0 unspecified atom stereocenters. The van der Waals surface area contributed by atoms with E-state index < -0.39 is 0 Å². The largest absolute Gasteiger partial charge is 0.470 e. The average molecular weight is 487 g/mol. The molecule has 7 nitrogen and oxygen atoms in total. The van der Waals surface area contributed by atoms with E-state index >= 15 is 0 Å². The Bertz CT molecular complexity index is 1090. The van der Waals surface area contributed by atoms with Gasteiger partial charge in [0.15, 0.2) is 5.78 Å². The van der Waals surface area contributed by atoms with Gasteiger partial charge in [0.25, 0.3) is 0 Å². The second-order valence-corrected chi connectivity index (χ2v) is 8.66. The molecule has 1 saturated heterocycles. The Kier molecular flexibility index (Phi) is 8.10. The van der Waals surface area contributed by atoms with Gasteiger partial charge in [-0.1, -0.05) is 29.3 Å². The fourth-order valence-corrected chi connectivity index (χ4v) is 3.82. The fourth-order valence-electron chi connectivity index (χ4n) is 3.51. The summed E-state index contributed by atoms with van der Waals surface area (Å²) in [6.07, 6.45) is 5.23. The van der Waals surface area contributed by atoms with Gasteiger partial charge in [-0.05, 0) is 43.0 Å². The molecule has 0 radical (unpaired) electrons. The van der Waals surface area contributed by atoms with Gasteiger partial charge < -0.3 is 14.8 Å². The summed E-state index contributed by atoms with van der Waals surface area (Å²) in [5, 5.41) is 4.39. The highest BCUT2D eigenvalue weighted by Gasteiger charge is 2.15. The Morgan fingerprint density at radius 3 is 2.76 bits per heavy atom. The number of carbonyl (C=O) groups is 1. The van der Waals surface area contributed by atoms with Crippen LogP contribution in [-0.4, -0.2) is 47.1 Å². The molecule has 3 aromatic rings. The highest BCUT2D eigenvalue weighted by atomic mass is 35.5. The molecule has 0 saturated carbocycles. The zero-order valence-corrected chi connectivity index (χ0v) is 19.5. The lowest BCUT2D eigenvalue weighted by Gasteiger charge is -2.22. The van der Waals surface area contributed by atoms with Crippen molar-refractivity contribution in [1.29, 1.82) is 0 Å². The molecule has 0 bridgehead atoms. The van der Waals surface area contributed by atoms with E-state index in [1.165, 1.54) is 6.20 Å². The molecule has 1 aliphatic rings. The van der Waals surface area contributed by atoms with Crippen LogP contribution in [0.25, 0.3) is 11.3 Å². The minimum atomic E-state index is -0.132. The molecule has 0 aromatic carbocycles. The molecular weight excluding hydrogens is 463 g/mol. The number of hydrogen-bond donors (Lipinski definition) is 1. The summed E-state index contributed by atoms with van der Waals surface area (Å²) in [6, 6.07) is 10.8. The number of pyridine rings is 3. The number of ether oxygens (including phenoxy) is 2. The summed E-state index contributed by atoms with van der Waals surface area (Å²) in [7, 11) is 0. The van der Waals surface area contributed by atoms with Gasteiger partial charge in [-0.25, -0.2) is 9.97 Å². The second-order valence-electron chi connectivity index (χ2n) is 7.82. The van der Waals surface area contributed by atoms with Crippen LogP contribution in [0.5, 0.6) is 5.88 Å². The number of Topliss-reactive ketones (excluding diaryl/α,β-unsaturated/α-hetero) is 1. The molecule has 1 fully saturated rings. The molecule has 1 N–H and O–H groups in total. The van der Waals surface area contributed by atoms with Crippen molar-refractivity contribution < 1.29 is 14.3 Å². The first kappa shape index (κ1) is 23.4. The fraction of sp³-hybridized carbons (Fsp3) is 0.333. The van der Waals surface area contributed by atoms with Gasteiger partial charge in [0.1, 0.15) is 12.4 Å². The third-order valence-electron chi connectivity index (χ3n) is 5.31. The first-order valence-corrected chi connectivity index (χ1v) is 11.5. The van der Waals surface area contributed by atoms with E-state index in [-0.39, 0.29) is 18.8 Å². The summed E-state index contributed by atoms with van der Waals surface area (Å²) in [5.41, 5.74) is 2.04. The maximum atomic E-state index is 12.4. The van der Waals surface area contributed by atoms with Crippen molar-refractivity contribution in [1.82, 2.24) is 15.0 Å². The Morgan fingerprint density at radius 1 is 1.12 bits per heavy atom. The van der Waals surface area contributed by atoms with Gasteiger partial charge in [-0.15, -0.1) is 0 Å². The summed E-state index contributed by atoms with van der Waals surface area (Å²) in [6.45, 7) is 2.37. The van der Waals surface area contributed by atoms with Crippen molar-refractivity contribution in [3.8, 4) is 17.1 Å². The predicted octanol–water partition coefficient (Wildman–Crippen LogP) is 4.87. The lowest BCUT2D eigenvalue weighted by molar-refractivity contribution is -0.120. The van der Waals surface area contributed by atoms with Crippen LogP contribution >= 0.6 is 23.2 Å². The highest BCUT2D eigenvalue weighted by molar-refractivity contribution is 6.33. The lowest BCUT2D eigenvalue weighted by Crippen LogP contribution is -2.22. The first-order valence-electron chi connectivity index (χ1n) is 10.8. The van der Waals surface area contributed by atoms with E-state index in [1.54, 1.807) is 24.4 Å². The highest BCUT2D eigenvalue weighted by Crippen LogP contribution is 2.28. The van der Waals surface area contributed by atoms with Crippen LogP contribution in [0, 0.1) is 5.92 Å². The van der Waals surface area contributed by atoms with Gasteiger partial charge in [-0.2, -0.15) is 0 Å². The Balaban J connectivity index is 1.39. The van der Waals surface area contributed by atoms with Gasteiger partial charge >= 0.3 is 0 Å². The quantitative estimate of drug-likeness (QED) is 0.461. The Morgan fingerprint density at radius 2 is 1.97 bits per heavy atom. The molecular formula is C24H24Cl2N4O3. The molecule has 4 heterocycles. The van der Waals surface area contributed by atoms with Crippen LogP contribution in [0.1, 0.15) is 18.5 Å².